The van der Waals surface area contributed by atoms with E-state index in [1.54, 1.807) is 12.1 Å². The van der Waals surface area contributed by atoms with Gasteiger partial charge in [0.2, 0.25) is 5.91 Å². The molecule has 110 valence electrons. The second kappa shape index (κ2) is 7.45. The molecule has 4 nitrogen and oxygen atoms in total. The van der Waals surface area contributed by atoms with Crippen molar-refractivity contribution in [1.29, 1.82) is 0 Å². The summed E-state index contributed by atoms with van der Waals surface area (Å²) in [6, 6.07) is 15.0. The quantitative estimate of drug-likeness (QED) is 0.854. The molecule has 4 heteroatoms. The fourth-order valence-corrected chi connectivity index (χ4v) is 1.81. The van der Waals surface area contributed by atoms with Gasteiger partial charge in [-0.05, 0) is 49.7 Å². The molecule has 0 unspecified atom stereocenters. The monoisotopic (exact) mass is 285 g/mol. The van der Waals surface area contributed by atoms with Crippen molar-refractivity contribution in [2.45, 2.75) is 19.8 Å². The van der Waals surface area contributed by atoms with Crippen molar-refractivity contribution in [3.05, 3.63) is 54.1 Å². The minimum atomic E-state index is -0.101. The van der Waals surface area contributed by atoms with Crippen LogP contribution in [-0.2, 0) is 4.79 Å². The summed E-state index contributed by atoms with van der Waals surface area (Å²) >= 11 is 0. The summed E-state index contributed by atoms with van der Waals surface area (Å²) in [7, 11) is 0. The van der Waals surface area contributed by atoms with Crippen LogP contribution in [0, 0.1) is 6.92 Å². The fourth-order valence-electron chi connectivity index (χ4n) is 1.81. The van der Waals surface area contributed by atoms with E-state index in [0.717, 1.165) is 5.75 Å². The van der Waals surface area contributed by atoms with E-state index < -0.39 is 0 Å². The van der Waals surface area contributed by atoms with Crippen molar-refractivity contribution in [3.63, 3.8) is 0 Å². The van der Waals surface area contributed by atoms with Crippen molar-refractivity contribution in [1.82, 2.24) is 0 Å². The maximum atomic E-state index is 11.5. The summed E-state index contributed by atoms with van der Waals surface area (Å²) in [6.45, 7) is 2.05. The molecule has 0 radical (unpaired) electrons. The number of aryl methyl sites for hydroxylation is 1. The van der Waals surface area contributed by atoms with Crippen LogP contribution in [0.25, 0.3) is 0 Å². The molecule has 0 atom stereocenters. The van der Waals surface area contributed by atoms with Crippen molar-refractivity contribution < 1.29 is 14.6 Å². The smallest absolute Gasteiger partial charge is 0.224 e. The van der Waals surface area contributed by atoms with Crippen molar-refractivity contribution in [2.75, 3.05) is 11.9 Å². The third kappa shape index (κ3) is 4.93. The van der Waals surface area contributed by atoms with Crippen LogP contribution >= 0.6 is 0 Å². The van der Waals surface area contributed by atoms with Gasteiger partial charge in [-0.2, -0.15) is 0 Å². The first-order valence-corrected chi connectivity index (χ1v) is 6.92. The molecule has 1 amide bonds. The highest BCUT2D eigenvalue weighted by molar-refractivity contribution is 5.90. The van der Waals surface area contributed by atoms with Gasteiger partial charge in [-0.25, -0.2) is 0 Å². The van der Waals surface area contributed by atoms with Crippen molar-refractivity contribution >= 4 is 11.6 Å². The van der Waals surface area contributed by atoms with Crippen LogP contribution in [0.2, 0.25) is 0 Å². The second-order valence-electron chi connectivity index (χ2n) is 4.81. The zero-order valence-electron chi connectivity index (χ0n) is 12.0. The molecule has 2 rings (SSSR count). The molecule has 0 heterocycles. The first kappa shape index (κ1) is 15.1. The van der Waals surface area contributed by atoms with Crippen LogP contribution in [-0.4, -0.2) is 17.6 Å². The van der Waals surface area contributed by atoms with Crippen LogP contribution in [0.3, 0.4) is 0 Å². The highest BCUT2D eigenvalue weighted by Crippen LogP contribution is 2.23. The number of benzene rings is 2. The van der Waals surface area contributed by atoms with Gasteiger partial charge >= 0.3 is 0 Å². The van der Waals surface area contributed by atoms with E-state index >= 15 is 0 Å². The minimum absolute atomic E-state index is 0.0246. The first-order valence-electron chi connectivity index (χ1n) is 6.92. The number of anilines is 1. The number of hydrogen-bond acceptors (Lipinski definition) is 3. The molecule has 0 aliphatic rings. The van der Waals surface area contributed by atoms with Crippen LogP contribution < -0.4 is 10.1 Å². The Labute approximate surface area is 124 Å². The molecule has 0 aromatic heterocycles. The molecule has 0 saturated carbocycles. The Hall–Kier alpha value is -2.33. The molecule has 0 aliphatic carbocycles. The Bertz CT molecular complexity index is 576. The number of hydrogen-bond donors (Lipinski definition) is 2. The summed E-state index contributed by atoms with van der Waals surface area (Å²) in [5, 5.41) is 11.4. The normalized spacial score (nSPS) is 10.2. The number of aliphatic hydroxyl groups is 1. The fraction of sp³-hybridized carbons (Fsp3) is 0.235. The third-order valence-electron chi connectivity index (χ3n) is 2.96. The van der Waals surface area contributed by atoms with Crippen LogP contribution in [0.1, 0.15) is 18.4 Å². The SMILES string of the molecule is Cc1ccc(Oc2ccc(NC(=O)CCCO)cc2)cc1. The lowest BCUT2D eigenvalue weighted by Crippen LogP contribution is -2.11. The van der Waals surface area contributed by atoms with Crippen molar-refractivity contribution in [2.24, 2.45) is 0 Å². The highest BCUT2D eigenvalue weighted by atomic mass is 16.5. The van der Waals surface area contributed by atoms with Gasteiger partial charge in [0.15, 0.2) is 0 Å². The molecular weight excluding hydrogens is 266 g/mol. The van der Waals surface area contributed by atoms with E-state index in [2.05, 4.69) is 5.32 Å². The topological polar surface area (TPSA) is 58.6 Å². The summed E-state index contributed by atoms with van der Waals surface area (Å²) in [5.41, 5.74) is 1.90. The number of ether oxygens (including phenoxy) is 1. The van der Waals surface area contributed by atoms with Gasteiger partial charge in [-0.3, -0.25) is 4.79 Å². The van der Waals surface area contributed by atoms with Gasteiger partial charge < -0.3 is 15.2 Å². The lowest BCUT2D eigenvalue weighted by molar-refractivity contribution is -0.116. The number of carbonyl (C=O) groups is 1. The van der Waals surface area contributed by atoms with Gasteiger partial charge in [-0.15, -0.1) is 0 Å². The maximum Gasteiger partial charge on any atom is 0.224 e. The number of carbonyl (C=O) groups excluding carboxylic acids is 1. The van der Waals surface area contributed by atoms with Crippen molar-refractivity contribution in [3.8, 4) is 11.5 Å². The van der Waals surface area contributed by atoms with E-state index in [4.69, 9.17) is 9.84 Å². The molecule has 2 aromatic rings. The minimum Gasteiger partial charge on any atom is -0.457 e. The summed E-state index contributed by atoms with van der Waals surface area (Å²) < 4.78 is 5.71. The Kier molecular flexibility index (Phi) is 5.35. The zero-order valence-corrected chi connectivity index (χ0v) is 12.0. The highest BCUT2D eigenvalue weighted by Gasteiger charge is 2.02. The number of rotatable bonds is 6. The van der Waals surface area contributed by atoms with Crippen LogP contribution in [0.5, 0.6) is 11.5 Å². The van der Waals surface area contributed by atoms with Gasteiger partial charge in [-0.1, -0.05) is 17.7 Å². The van der Waals surface area contributed by atoms with E-state index in [9.17, 15) is 4.79 Å². The Balaban J connectivity index is 1.92. The summed E-state index contributed by atoms with van der Waals surface area (Å²) in [6.07, 6.45) is 0.790. The second-order valence-corrected chi connectivity index (χ2v) is 4.81. The van der Waals surface area contributed by atoms with Gasteiger partial charge in [0.05, 0.1) is 0 Å². The predicted molar refractivity (Wildman–Crippen MR) is 82.6 cm³/mol. The third-order valence-corrected chi connectivity index (χ3v) is 2.96. The van der Waals surface area contributed by atoms with E-state index in [1.807, 2.05) is 43.3 Å². The molecule has 0 bridgehead atoms. The van der Waals surface area contributed by atoms with E-state index in [0.29, 0.717) is 24.3 Å². The molecule has 2 N–H and O–H groups in total. The number of aliphatic hydroxyl groups excluding tert-OH is 1. The van der Waals surface area contributed by atoms with Crippen LogP contribution in [0.4, 0.5) is 5.69 Å². The molecule has 0 aliphatic heterocycles. The van der Waals surface area contributed by atoms with Gasteiger partial charge in [0.1, 0.15) is 11.5 Å². The number of nitrogens with one attached hydrogen (secondary N) is 1. The average Bonchev–Trinajstić information content (AvgIpc) is 2.49. The van der Waals surface area contributed by atoms with Crippen LogP contribution in [0.15, 0.2) is 48.5 Å². The molecule has 2 aromatic carbocycles. The predicted octanol–water partition coefficient (Wildman–Crippen LogP) is 3.50. The standard InChI is InChI=1S/C17H19NO3/c1-13-4-8-15(9-5-13)21-16-10-6-14(7-11-16)18-17(20)3-2-12-19/h4-11,19H,2-3,12H2,1H3,(H,18,20). The zero-order chi connectivity index (χ0) is 15.1. The van der Waals surface area contributed by atoms with E-state index in [1.165, 1.54) is 5.56 Å². The Morgan fingerprint density at radius 3 is 2.19 bits per heavy atom. The molecular formula is C17H19NO3. The maximum absolute atomic E-state index is 11.5. The lowest BCUT2D eigenvalue weighted by atomic mass is 10.2. The molecule has 0 saturated heterocycles. The Morgan fingerprint density at radius 2 is 1.62 bits per heavy atom. The molecule has 0 fully saturated rings. The summed E-state index contributed by atoms with van der Waals surface area (Å²) in [4.78, 5) is 11.5. The largest absolute Gasteiger partial charge is 0.457 e. The molecule has 0 spiro atoms. The van der Waals surface area contributed by atoms with Gasteiger partial charge in [0.25, 0.3) is 0 Å². The Morgan fingerprint density at radius 1 is 1.05 bits per heavy atom. The summed E-state index contributed by atoms with van der Waals surface area (Å²) in [5.74, 6) is 1.39. The van der Waals surface area contributed by atoms with Gasteiger partial charge in [0, 0.05) is 18.7 Å². The lowest BCUT2D eigenvalue weighted by Gasteiger charge is -2.08. The first-order chi connectivity index (χ1) is 10.2. The van der Waals surface area contributed by atoms with E-state index in [-0.39, 0.29) is 12.5 Å². The average molecular weight is 285 g/mol. The number of amides is 1. The molecule has 21 heavy (non-hydrogen) atoms.